The molecule has 2 N–H and O–H groups in total. The van der Waals surface area contributed by atoms with Gasteiger partial charge in [-0.1, -0.05) is 35.9 Å². The zero-order valence-corrected chi connectivity index (χ0v) is 18.4. The normalized spacial score (nSPS) is 11.9. The van der Waals surface area contributed by atoms with Crippen LogP contribution >= 0.6 is 11.6 Å². The molecule has 0 aromatic heterocycles. The maximum absolute atomic E-state index is 13.8. The Morgan fingerprint density at radius 1 is 0.800 bits per heavy atom. The lowest BCUT2D eigenvalue weighted by atomic mass is 10.2. The fraction of sp³-hybridized carbons (Fsp3) is 0.100. The smallest absolute Gasteiger partial charge is 0.262 e. The van der Waals surface area contributed by atoms with E-state index in [-0.39, 0.29) is 26.2 Å². The number of rotatable bonds is 6. The van der Waals surface area contributed by atoms with Crippen molar-refractivity contribution < 1.29 is 21.2 Å². The summed E-state index contributed by atoms with van der Waals surface area (Å²) >= 11 is 6.02. The van der Waals surface area contributed by atoms with Gasteiger partial charge in [0.2, 0.25) is 0 Å². The zero-order valence-electron chi connectivity index (χ0n) is 16.0. The molecule has 0 fully saturated rings. The van der Waals surface area contributed by atoms with E-state index in [2.05, 4.69) is 9.44 Å². The van der Waals surface area contributed by atoms with Gasteiger partial charge in [-0.15, -0.1) is 0 Å². The Morgan fingerprint density at radius 2 is 1.47 bits per heavy atom. The molecule has 0 unspecified atom stereocenters. The summed E-state index contributed by atoms with van der Waals surface area (Å²) in [6, 6.07) is 13.9. The van der Waals surface area contributed by atoms with Crippen LogP contribution < -0.4 is 9.44 Å². The van der Waals surface area contributed by atoms with Crippen molar-refractivity contribution in [1.29, 1.82) is 0 Å². The van der Waals surface area contributed by atoms with Gasteiger partial charge in [0, 0.05) is 0 Å². The predicted molar refractivity (Wildman–Crippen MR) is 115 cm³/mol. The first-order valence-electron chi connectivity index (χ1n) is 8.66. The predicted octanol–water partition coefficient (Wildman–Crippen LogP) is 4.70. The molecule has 0 aliphatic rings. The number of sulfonamides is 2. The van der Waals surface area contributed by atoms with Crippen molar-refractivity contribution in [3.63, 3.8) is 0 Å². The summed E-state index contributed by atoms with van der Waals surface area (Å²) in [5.41, 5.74) is 0.919. The maximum atomic E-state index is 13.8. The number of halogens is 2. The van der Waals surface area contributed by atoms with Crippen LogP contribution in [-0.4, -0.2) is 16.8 Å². The minimum absolute atomic E-state index is 0.0149. The Balaban J connectivity index is 1.95. The molecule has 10 heteroatoms. The number of aryl methyl sites for hydroxylation is 2. The van der Waals surface area contributed by atoms with Gasteiger partial charge in [-0.2, -0.15) is 0 Å². The highest BCUT2D eigenvalue weighted by atomic mass is 35.5. The van der Waals surface area contributed by atoms with Crippen molar-refractivity contribution >= 4 is 43.0 Å². The number of hydrogen-bond donors (Lipinski definition) is 2. The van der Waals surface area contributed by atoms with Crippen LogP contribution in [0.1, 0.15) is 11.1 Å². The van der Waals surface area contributed by atoms with E-state index < -0.39 is 25.9 Å². The summed E-state index contributed by atoms with van der Waals surface area (Å²) in [6.45, 7) is 3.09. The van der Waals surface area contributed by atoms with Gasteiger partial charge in [0.15, 0.2) is 0 Å². The summed E-state index contributed by atoms with van der Waals surface area (Å²) in [4.78, 5) is -0.400. The topological polar surface area (TPSA) is 92.3 Å². The minimum atomic E-state index is -4.12. The quantitative estimate of drug-likeness (QED) is 0.548. The minimum Gasteiger partial charge on any atom is -0.280 e. The Morgan fingerprint density at radius 3 is 2.13 bits per heavy atom. The van der Waals surface area contributed by atoms with Gasteiger partial charge >= 0.3 is 0 Å². The van der Waals surface area contributed by atoms with Crippen molar-refractivity contribution in [2.75, 3.05) is 9.44 Å². The average molecular weight is 469 g/mol. The van der Waals surface area contributed by atoms with E-state index in [0.717, 1.165) is 6.07 Å². The van der Waals surface area contributed by atoms with E-state index in [1.165, 1.54) is 49.4 Å². The number of para-hydroxylation sites is 1. The van der Waals surface area contributed by atoms with E-state index in [0.29, 0.717) is 11.1 Å². The Bertz CT molecular complexity index is 1330. The van der Waals surface area contributed by atoms with Crippen LogP contribution in [0.2, 0.25) is 5.02 Å². The highest BCUT2D eigenvalue weighted by Crippen LogP contribution is 2.28. The third-order valence-electron chi connectivity index (χ3n) is 4.30. The molecule has 0 heterocycles. The number of nitrogens with one attached hydrogen (secondary N) is 2. The molecule has 0 radical (unpaired) electrons. The van der Waals surface area contributed by atoms with Crippen molar-refractivity contribution in [3.05, 3.63) is 82.6 Å². The number of anilines is 2. The third kappa shape index (κ3) is 4.75. The molecule has 3 rings (SSSR count). The Labute approximate surface area is 179 Å². The van der Waals surface area contributed by atoms with Crippen molar-refractivity contribution in [2.45, 2.75) is 23.6 Å². The van der Waals surface area contributed by atoms with E-state index in [1.54, 1.807) is 19.1 Å². The fourth-order valence-electron chi connectivity index (χ4n) is 2.65. The first-order chi connectivity index (χ1) is 14.0. The molecule has 158 valence electrons. The molecular formula is C20H18ClFN2O4S2. The second kappa shape index (κ2) is 8.25. The van der Waals surface area contributed by atoms with Crippen LogP contribution in [0.4, 0.5) is 15.8 Å². The molecule has 30 heavy (non-hydrogen) atoms. The maximum Gasteiger partial charge on any atom is 0.262 e. The van der Waals surface area contributed by atoms with Crippen molar-refractivity contribution in [3.8, 4) is 0 Å². The van der Waals surface area contributed by atoms with E-state index in [9.17, 15) is 21.2 Å². The molecule has 3 aromatic carbocycles. The van der Waals surface area contributed by atoms with Gasteiger partial charge in [0.25, 0.3) is 20.0 Å². The fourth-order valence-corrected chi connectivity index (χ4v) is 5.30. The standard InChI is InChI=1S/C20H18ClFN2O4S2/c1-13-8-10-16(12-18(13)22)29(25,26)23-15-9-7-14(2)20(11-15)30(27,28)24-19-6-4-3-5-17(19)21/h3-12,23-24H,1-2H3. The lowest BCUT2D eigenvalue weighted by Crippen LogP contribution is -2.17. The van der Waals surface area contributed by atoms with Gasteiger partial charge in [-0.05, 0) is 61.4 Å². The SMILES string of the molecule is Cc1ccc(S(=O)(=O)Nc2ccc(C)c(S(=O)(=O)Nc3ccccc3Cl)c2)cc1F. The van der Waals surface area contributed by atoms with E-state index in [1.807, 2.05) is 0 Å². The Hall–Kier alpha value is -2.62. The second-order valence-electron chi connectivity index (χ2n) is 6.58. The largest absolute Gasteiger partial charge is 0.280 e. The van der Waals surface area contributed by atoms with Crippen LogP contribution in [0, 0.1) is 19.7 Å². The molecule has 6 nitrogen and oxygen atoms in total. The highest BCUT2D eigenvalue weighted by molar-refractivity contribution is 7.93. The Kier molecular flexibility index (Phi) is 6.07. The molecule has 0 spiro atoms. The monoisotopic (exact) mass is 468 g/mol. The summed E-state index contributed by atoms with van der Waals surface area (Å²) in [6.07, 6.45) is 0. The lowest BCUT2D eigenvalue weighted by molar-refractivity contribution is 0.592. The van der Waals surface area contributed by atoms with E-state index in [4.69, 9.17) is 11.6 Å². The van der Waals surface area contributed by atoms with Gasteiger partial charge < -0.3 is 0 Å². The second-order valence-corrected chi connectivity index (χ2v) is 10.3. The molecule has 0 bridgehead atoms. The van der Waals surface area contributed by atoms with Crippen LogP contribution in [0.3, 0.4) is 0 Å². The summed E-state index contributed by atoms with van der Waals surface area (Å²) in [7, 11) is -8.17. The van der Waals surface area contributed by atoms with Gasteiger partial charge in [-0.3, -0.25) is 9.44 Å². The molecule has 0 aliphatic heterocycles. The molecule has 0 amide bonds. The van der Waals surface area contributed by atoms with Crippen LogP contribution in [0.25, 0.3) is 0 Å². The lowest BCUT2D eigenvalue weighted by Gasteiger charge is -2.14. The van der Waals surface area contributed by atoms with Gasteiger partial charge in [0.05, 0.1) is 26.2 Å². The van der Waals surface area contributed by atoms with Crippen molar-refractivity contribution in [1.82, 2.24) is 0 Å². The average Bonchev–Trinajstić information content (AvgIpc) is 2.67. The molecule has 0 saturated carbocycles. The van der Waals surface area contributed by atoms with Crippen LogP contribution in [0.5, 0.6) is 0 Å². The van der Waals surface area contributed by atoms with Crippen LogP contribution in [-0.2, 0) is 20.0 Å². The molecular weight excluding hydrogens is 451 g/mol. The summed E-state index contributed by atoms with van der Waals surface area (Å²) in [5, 5.41) is 0.219. The molecule has 0 saturated heterocycles. The van der Waals surface area contributed by atoms with E-state index >= 15 is 0 Å². The highest BCUT2D eigenvalue weighted by Gasteiger charge is 2.21. The first-order valence-corrected chi connectivity index (χ1v) is 12.0. The molecule has 0 aliphatic carbocycles. The molecule has 3 aromatic rings. The number of hydrogen-bond acceptors (Lipinski definition) is 4. The third-order valence-corrected chi connectivity index (χ3v) is 7.52. The van der Waals surface area contributed by atoms with Crippen molar-refractivity contribution in [2.24, 2.45) is 0 Å². The summed E-state index contributed by atoms with van der Waals surface area (Å²) < 4.78 is 69.3. The zero-order chi connectivity index (χ0) is 22.1. The molecule has 0 atom stereocenters. The first kappa shape index (κ1) is 22.1. The number of benzene rings is 3. The van der Waals surface area contributed by atoms with Gasteiger partial charge in [0.1, 0.15) is 5.82 Å². The van der Waals surface area contributed by atoms with Crippen LogP contribution in [0.15, 0.2) is 70.5 Å². The van der Waals surface area contributed by atoms with Gasteiger partial charge in [-0.25, -0.2) is 21.2 Å². The summed E-state index contributed by atoms with van der Waals surface area (Å²) in [5.74, 6) is -0.658.